The Morgan fingerprint density at radius 3 is 2.43 bits per heavy atom. The monoisotopic (exact) mass is 609 g/mol. The summed E-state index contributed by atoms with van der Waals surface area (Å²) >= 11 is 0. The van der Waals surface area contributed by atoms with Gasteiger partial charge in [-0.3, -0.25) is 19.2 Å². The number of amides is 3. The van der Waals surface area contributed by atoms with Gasteiger partial charge in [0.05, 0.1) is 25.6 Å². The fourth-order valence-corrected chi connectivity index (χ4v) is 7.11. The molecule has 5 rings (SSSR count). The summed E-state index contributed by atoms with van der Waals surface area (Å²) in [5.74, 6) is -1.37. The molecule has 2 fully saturated rings. The lowest BCUT2D eigenvalue weighted by Crippen LogP contribution is -2.61. The lowest BCUT2D eigenvalue weighted by molar-refractivity contribution is -0.180. The minimum Gasteiger partial charge on any atom is -0.468 e. The summed E-state index contributed by atoms with van der Waals surface area (Å²) in [6, 6.07) is 3.30. The van der Waals surface area contributed by atoms with Gasteiger partial charge >= 0.3 is 5.97 Å². The maximum absolute atomic E-state index is 14.3. The van der Waals surface area contributed by atoms with E-state index in [1.807, 2.05) is 13.0 Å². The molecule has 4 aliphatic rings. The molecule has 2 saturated heterocycles. The zero-order valence-electron chi connectivity index (χ0n) is 26.8. The number of esters is 1. The molecule has 1 aliphatic carbocycles. The molecule has 4 atom stereocenters. The number of allylic oxidation sites excluding steroid dienone is 1. The van der Waals surface area contributed by atoms with Crippen molar-refractivity contribution < 1.29 is 33.1 Å². The van der Waals surface area contributed by atoms with Crippen molar-refractivity contribution >= 4 is 23.7 Å². The van der Waals surface area contributed by atoms with Crippen LogP contribution >= 0.6 is 0 Å². The molecule has 3 amide bonds. The lowest BCUT2D eigenvalue weighted by Gasteiger charge is -2.53. The van der Waals surface area contributed by atoms with E-state index < -0.39 is 23.4 Å². The van der Waals surface area contributed by atoms with Crippen molar-refractivity contribution in [2.45, 2.75) is 84.8 Å². The predicted octanol–water partition coefficient (Wildman–Crippen LogP) is 4.57. The van der Waals surface area contributed by atoms with Crippen LogP contribution in [0.4, 0.5) is 0 Å². The standard InChI is InChI=1S/C34H47N3O7/c1-23-34(32(41)42-5)22-25(20-29(38)35-15-17-36(18-16-35)31(40)26-12-9-19-43-26)30(39)37(14-13-24-10-7-6-8-11-24)27(34)21-28(44-23)33(2,3)4/h9-10,12,19,21,23,25,28H,6-8,11,13-18,20,22H2,1-5H3/t23-,25+,28-,34+/m1/s1. The van der Waals surface area contributed by atoms with Crippen molar-refractivity contribution in [3.8, 4) is 0 Å². The Hall–Kier alpha value is -3.40. The first kappa shape index (κ1) is 32.0. The number of hydrogen-bond donors (Lipinski definition) is 0. The zero-order valence-corrected chi connectivity index (χ0v) is 26.8. The molecular formula is C34H47N3O7. The molecule has 1 aromatic rings. The smallest absolute Gasteiger partial charge is 0.320 e. The Bertz CT molecular complexity index is 1300. The largest absolute Gasteiger partial charge is 0.468 e. The number of furan rings is 1. The van der Waals surface area contributed by atoms with E-state index in [2.05, 4.69) is 26.8 Å². The maximum atomic E-state index is 14.3. The van der Waals surface area contributed by atoms with E-state index >= 15 is 0 Å². The van der Waals surface area contributed by atoms with Crippen molar-refractivity contribution in [3.63, 3.8) is 0 Å². The Labute approximate surface area is 260 Å². The van der Waals surface area contributed by atoms with Crippen LogP contribution in [0.25, 0.3) is 0 Å². The number of hydrogen-bond acceptors (Lipinski definition) is 7. The van der Waals surface area contributed by atoms with E-state index in [4.69, 9.17) is 13.9 Å². The summed E-state index contributed by atoms with van der Waals surface area (Å²) in [5, 5.41) is 0. The molecule has 1 aromatic heterocycles. The van der Waals surface area contributed by atoms with Gasteiger partial charge in [0.25, 0.3) is 5.91 Å². The van der Waals surface area contributed by atoms with Gasteiger partial charge in [-0.05, 0) is 69.1 Å². The number of ether oxygens (including phenoxy) is 2. The number of rotatable bonds is 7. The molecule has 0 aromatic carbocycles. The number of piperazine rings is 1. The van der Waals surface area contributed by atoms with Gasteiger partial charge < -0.3 is 28.6 Å². The molecule has 10 heteroatoms. The topological polar surface area (TPSA) is 110 Å². The summed E-state index contributed by atoms with van der Waals surface area (Å²) in [5.41, 5.74) is 0.529. The third-order valence-corrected chi connectivity index (χ3v) is 9.80. The average Bonchev–Trinajstić information content (AvgIpc) is 3.56. The van der Waals surface area contributed by atoms with E-state index in [1.54, 1.807) is 26.8 Å². The Balaban J connectivity index is 1.39. The third-order valence-electron chi connectivity index (χ3n) is 9.80. The van der Waals surface area contributed by atoms with Gasteiger partial charge in [-0.25, -0.2) is 0 Å². The fraction of sp³-hybridized carbons (Fsp3) is 0.647. The first-order valence-corrected chi connectivity index (χ1v) is 16.0. The first-order chi connectivity index (χ1) is 21.0. The van der Waals surface area contributed by atoms with E-state index in [0.29, 0.717) is 38.4 Å². The molecule has 240 valence electrons. The minimum atomic E-state index is -1.20. The van der Waals surface area contributed by atoms with E-state index in [1.165, 1.54) is 25.4 Å². The molecule has 0 spiro atoms. The quantitative estimate of drug-likeness (QED) is 0.329. The number of carbonyl (C=O) groups excluding carboxylic acids is 4. The third kappa shape index (κ3) is 6.23. The number of carbonyl (C=O) groups is 4. The van der Waals surface area contributed by atoms with Crippen molar-refractivity contribution in [1.82, 2.24) is 14.7 Å². The summed E-state index contributed by atoms with van der Waals surface area (Å²) in [6.07, 6.45) is 10.1. The predicted molar refractivity (Wildman–Crippen MR) is 163 cm³/mol. The first-order valence-electron chi connectivity index (χ1n) is 16.0. The lowest BCUT2D eigenvalue weighted by atomic mass is 9.65. The fourth-order valence-electron chi connectivity index (χ4n) is 7.11. The van der Waals surface area contributed by atoms with Gasteiger partial charge in [0, 0.05) is 50.8 Å². The van der Waals surface area contributed by atoms with Crippen LogP contribution in [-0.2, 0) is 23.9 Å². The molecule has 0 N–H and O–H groups in total. The molecule has 0 radical (unpaired) electrons. The van der Waals surface area contributed by atoms with Gasteiger partial charge in [0.2, 0.25) is 11.8 Å². The maximum Gasteiger partial charge on any atom is 0.320 e. The second-order valence-corrected chi connectivity index (χ2v) is 13.7. The number of piperidine rings is 1. The van der Waals surface area contributed by atoms with Crippen LogP contribution in [-0.4, -0.2) is 90.4 Å². The SMILES string of the molecule is COC(=O)[C@]12C[C@H](CC(=O)N3CCN(C(=O)c4ccco4)CC3)C(=O)N(CCC3=CCCCC3)C1=C[C@H](C(C)(C)C)O[C@@H]2C. The molecule has 3 aliphatic heterocycles. The number of nitrogens with zero attached hydrogens (tertiary/aromatic N) is 3. The van der Waals surface area contributed by atoms with Crippen molar-refractivity contribution in [2.24, 2.45) is 16.7 Å². The van der Waals surface area contributed by atoms with Crippen molar-refractivity contribution in [3.05, 3.63) is 47.6 Å². The second kappa shape index (κ2) is 12.9. The van der Waals surface area contributed by atoms with Gasteiger partial charge in [0.1, 0.15) is 5.41 Å². The molecule has 10 nitrogen and oxygen atoms in total. The number of methoxy groups -OCH3 is 1. The molecule has 4 heterocycles. The van der Waals surface area contributed by atoms with Crippen LogP contribution in [0, 0.1) is 16.7 Å². The summed E-state index contributed by atoms with van der Waals surface area (Å²) in [7, 11) is 1.37. The molecule has 44 heavy (non-hydrogen) atoms. The molecule has 0 saturated carbocycles. The highest BCUT2D eigenvalue weighted by molar-refractivity contribution is 5.93. The van der Waals surface area contributed by atoms with Crippen LogP contribution in [0.3, 0.4) is 0 Å². The summed E-state index contributed by atoms with van der Waals surface area (Å²) in [6.45, 7) is 10.1. The van der Waals surface area contributed by atoms with Crippen LogP contribution < -0.4 is 0 Å². The Morgan fingerprint density at radius 2 is 1.82 bits per heavy atom. The Kier molecular flexibility index (Phi) is 9.39. The summed E-state index contributed by atoms with van der Waals surface area (Å²) in [4.78, 5) is 59.6. The normalized spacial score (nSPS) is 27.8. The number of fused-ring (bicyclic) bond motifs is 1. The van der Waals surface area contributed by atoms with Gasteiger partial charge in [-0.1, -0.05) is 32.4 Å². The average molecular weight is 610 g/mol. The van der Waals surface area contributed by atoms with Gasteiger partial charge in [-0.2, -0.15) is 0 Å². The molecule has 0 unspecified atom stereocenters. The molecule has 0 bridgehead atoms. The minimum absolute atomic E-state index is 0.0222. The van der Waals surface area contributed by atoms with Crippen LogP contribution in [0.1, 0.15) is 83.2 Å². The van der Waals surface area contributed by atoms with E-state index in [0.717, 1.165) is 25.7 Å². The Morgan fingerprint density at radius 1 is 1.09 bits per heavy atom. The van der Waals surface area contributed by atoms with Crippen molar-refractivity contribution in [1.29, 1.82) is 0 Å². The van der Waals surface area contributed by atoms with E-state index in [-0.39, 0.29) is 47.8 Å². The van der Waals surface area contributed by atoms with Gasteiger partial charge in [-0.15, -0.1) is 0 Å². The van der Waals surface area contributed by atoms with E-state index in [9.17, 15) is 19.2 Å². The highest BCUT2D eigenvalue weighted by atomic mass is 16.5. The van der Waals surface area contributed by atoms with Crippen LogP contribution in [0.5, 0.6) is 0 Å². The number of likely N-dealkylation sites (tertiary alicyclic amines) is 1. The highest BCUT2D eigenvalue weighted by Gasteiger charge is 2.60. The van der Waals surface area contributed by atoms with Crippen LogP contribution in [0.15, 0.2) is 46.2 Å². The van der Waals surface area contributed by atoms with Crippen molar-refractivity contribution in [2.75, 3.05) is 39.8 Å². The summed E-state index contributed by atoms with van der Waals surface area (Å²) < 4.78 is 17.1. The van der Waals surface area contributed by atoms with Crippen LogP contribution in [0.2, 0.25) is 0 Å². The second-order valence-electron chi connectivity index (χ2n) is 13.7. The molecular weight excluding hydrogens is 562 g/mol. The highest BCUT2D eigenvalue weighted by Crippen LogP contribution is 2.52. The zero-order chi connectivity index (χ0) is 31.6. The van der Waals surface area contributed by atoms with Gasteiger partial charge in [0.15, 0.2) is 5.76 Å².